The van der Waals surface area contributed by atoms with E-state index in [4.69, 9.17) is 4.74 Å². The molecule has 0 spiro atoms. The van der Waals surface area contributed by atoms with E-state index in [2.05, 4.69) is 75.3 Å². The third-order valence-electron chi connectivity index (χ3n) is 3.08. The highest BCUT2D eigenvalue weighted by Crippen LogP contribution is 2.27. The van der Waals surface area contributed by atoms with E-state index in [0.29, 0.717) is 0 Å². The van der Waals surface area contributed by atoms with Gasteiger partial charge in [-0.3, -0.25) is 0 Å². The molecule has 0 fully saturated rings. The van der Waals surface area contributed by atoms with Crippen LogP contribution < -0.4 is 10.1 Å². The molecular weight excluding hydrogens is 394 g/mol. The van der Waals surface area contributed by atoms with Gasteiger partial charge >= 0.3 is 0 Å². The van der Waals surface area contributed by atoms with Gasteiger partial charge in [0.1, 0.15) is 5.75 Å². The van der Waals surface area contributed by atoms with Crippen LogP contribution in [-0.4, -0.2) is 6.61 Å². The summed E-state index contributed by atoms with van der Waals surface area (Å²) in [6, 6.07) is 12.4. The highest BCUT2D eigenvalue weighted by Gasteiger charge is 2.06. The number of hydrogen-bond donors (Lipinski definition) is 1. The number of aryl methyl sites for hydroxylation is 1. The van der Waals surface area contributed by atoms with Gasteiger partial charge in [-0.25, -0.2) is 0 Å². The van der Waals surface area contributed by atoms with Gasteiger partial charge in [-0.05, 0) is 65.2 Å². The van der Waals surface area contributed by atoms with Crippen molar-refractivity contribution in [3.63, 3.8) is 0 Å². The molecule has 21 heavy (non-hydrogen) atoms. The maximum atomic E-state index is 5.81. The summed E-state index contributed by atoms with van der Waals surface area (Å²) in [6.07, 6.45) is 1.01. The quantitative estimate of drug-likeness (QED) is 0.635. The summed E-state index contributed by atoms with van der Waals surface area (Å²) in [6.45, 7) is 5.66. The third kappa shape index (κ3) is 4.75. The Bertz CT molecular complexity index is 614. The van der Waals surface area contributed by atoms with Gasteiger partial charge in [0.15, 0.2) is 0 Å². The molecule has 0 unspecified atom stereocenters. The zero-order valence-corrected chi connectivity index (χ0v) is 15.4. The smallest absolute Gasteiger partial charge is 0.124 e. The normalized spacial score (nSPS) is 10.5. The minimum absolute atomic E-state index is 0.723. The summed E-state index contributed by atoms with van der Waals surface area (Å²) in [5, 5.41) is 3.47. The Labute approximate surface area is 143 Å². The van der Waals surface area contributed by atoms with E-state index in [1.165, 1.54) is 5.56 Å². The Kier molecular flexibility index (Phi) is 6.12. The average Bonchev–Trinajstić information content (AvgIpc) is 2.47. The van der Waals surface area contributed by atoms with Crippen molar-refractivity contribution < 1.29 is 4.74 Å². The summed E-state index contributed by atoms with van der Waals surface area (Å²) in [5.74, 6) is 0.941. The summed E-state index contributed by atoms with van der Waals surface area (Å²) in [7, 11) is 0. The topological polar surface area (TPSA) is 21.3 Å². The van der Waals surface area contributed by atoms with Crippen LogP contribution in [-0.2, 0) is 6.54 Å². The molecular formula is C17H19Br2NO. The SMILES string of the molecule is CCCOc1ccc(Br)cc1CNc1cc(C)ccc1Br. The number of hydrogen-bond acceptors (Lipinski definition) is 2. The number of anilines is 1. The van der Waals surface area contributed by atoms with E-state index < -0.39 is 0 Å². The van der Waals surface area contributed by atoms with E-state index in [9.17, 15) is 0 Å². The fourth-order valence-electron chi connectivity index (χ4n) is 2.00. The molecule has 2 nitrogen and oxygen atoms in total. The molecule has 4 heteroatoms. The van der Waals surface area contributed by atoms with Gasteiger partial charge in [-0.1, -0.05) is 28.9 Å². The first-order chi connectivity index (χ1) is 10.1. The van der Waals surface area contributed by atoms with Crippen LogP contribution >= 0.6 is 31.9 Å². The van der Waals surface area contributed by atoms with Crippen molar-refractivity contribution in [2.45, 2.75) is 26.8 Å². The first-order valence-corrected chi connectivity index (χ1v) is 8.60. The molecule has 0 aliphatic rings. The van der Waals surface area contributed by atoms with Crippen LogP contribution in [0.4, 0.5) is 5.69 Å². The van der Waals surface area contributed by atoms with Gasteiger partial charge in [0.05, 0.1) is 6.61 Å². The molecule has 0 aliphatic carbocycles. The molecule has 0 aromatic heterocycles. The summed E-state index contributed by atoms with van der Waals surface area (Å²) in [5.41, 5.74) is 3.47. The Hall–Kier alpha value is -1.00. The first kappa shape index (κ1) is 16.4. The largest absolute Gasteiger partial charge is 0.493 e. The number of ether oxygens (including phenoxy) is 1. The molecule has 0 heterocycles. The predicted molar refractivity (Wildman–Crippen MR) is 96.1 cm³/mol. The van der Waals surface area contributed by atoms with Crippen LogP contribution in [0.2, 0.25) is 0 Å². The van der Waals surface area contributed by atoms with E-state index in [0.717, 1.165) is 45.5 Å². The zero-order valence-electron chi connectivity index (χ0n) is 12.2. The molecule has 0 radical (unpaired) electrons. The zero-order chi connectivity index (χ0) is 15.2. The minimum Gasteiger partial charge on any atom is -0.493 e. The lowest BCUT2D eigenvalue weighted by Gasteiger charge is -2.14. The monoisotopic (exact) mass is 411 g/mol. The summed E-state index contributed by atoms with van der Waals surface area (Å²) in [4.78, 5) is 0. The van der Waals surface area contributed by atoms with Crippen LogP contribution in [0.25, 0.3) is 0 Å². The fraction of sp³-hybridized carbons (Fsp3) is 0.294. The van der Waals surface area contributed by atoms with Crippen LogP contribution in [0.1, 0.15) is 24.5 Å². The lowest BCUT2D eigenvalue weighted by molar-refractivity contribution is 0.314. The van der Waals surface area contributed by atoms with Gasteiger partial charge in [0, 0.05) is 26.7 Å². The van der Waals surface area contributed by atoms with Crippen molar-refractivity contribution in [3.8, 4) is 5.75 Å². The molecule has 0 amide bonds. The van der Waals surface area contributed by atoms with E-state index in [1.54, 1.807) is 0 Å². The highest BCUT2D eigenvalue weighted by molar-refractivity contribution is 9.10. The standard InChI is InChI=1S/C17H19Br2NO/c1-3-8-21-17-7-5-14(18)10-13(17)11-20-16-9-12(2)4-6-15(16)19/h4-7,9-10,20H,3,8,11H2,1-2H3. The van der Waals surface area contributed by atoms with Crippen molar-refractivity contribution in [2.24, 2.45) is 0 Å². The average molecular weight is 413 g/mol. The second kappa shape index (κ2) is 7.85. The second-order valence-corrected chi connectivity index (χ2v) is 6.71. The lowest BCUT2D eigenvalue weighted by atomic mass is 10.2. The molecule has 0 saturated carbocycles. The van der Waals surface area contributed by atoms with Gasteiger partial charge in [0.2, 0.25) is 0 Å². The number of benzene rings is 2. The minimum atomic E-state index is 0.723. The van der Waals surface area contributed by atoms with Crippen LogP contribution in [0.15, 0.2) is 45.3 Å². The van der Waals surface area contributed by atoms with Gasteiger partial charge in [-0.2, -0.15) is 0 Å². The van der Waals surface area contributed by atoms with Crippen molar-refractivity contribution >= 4 is 37.5 Å². The van der Waals surface area contributed by atoms with Crippen molar-refractivity contribution in [3.05, 3.63) is 56.5 Å². The molecule has 2 rings (SSSR count). The maximum absolute atomic E-state index is 5.81. The molecule has 0 atom stereocenters. The van der Waals surface area contributed by atoms with Crippen LogP contribution in [0.3, 0.4) is 0 Å². The summed E-state index contributed by atoms with van der Waals surface area (Å²) >= 11 is 7.10. The maximum Gasteiger partial charge on any atom is 0.124 e. The Morgan fingerprint density at radius 3 is 2.67 bits per heavy atom. The fourth-order valence-corrected chi connectivity index (χ4v) is 2.80. The molecule has 1 N–H and O–H groups in total. The number of rotatable bonds is 6. The number of nitrogens with one attached hydrogen (secondary N) is 1. The van der Waals surface area contributed by atoms with Gasteiger partial charge in [0.25, 0.3) is 0 Å². The van der Waals surface area contributed by atoms with Gasteiger partial charge < -0.3 is 10.1 Å². The van der Waals surface area contributed by atoms with E-state index in [-0.39, 0.29) is 0 Å². The first-order valence-electron chi connectivity index (χ1n) is 7.01. The van der Waals surface area contributed by atoms with Crippen LogP contribution in [0.5, 0.6) is 5.75 Å². The molecule has 2 aromatic rings. The molecule has 2 aromatic carbocycles. The van der Waals surface area contributed by atoms with Crippen LogP contribution in [0, 0.1) is 6.92 Å². The van der Waals surface area contributed by atoms with Crippen molar-refractivity contribution in [1.82, 2.24) is 0 Å². The Morgan fingerprint density at radius 2 is 1.90 bits per heavy atom. The Balaban J connectivity index is 2.14. The summed E-state index contributed by atoms with van der Waals surface area (Å²) < 4.78 is 7.94. The van der Waals surface area contributed by atoms with Gasteiger partial charge in [-0.15, -0.1) is 0 Å². The van der Waals surface area contributed by atoms with Crippen molar-refractivity contribution in [2.75, 3.05) is 11.9 Å². The van der Waals surface area contributed by atoms with Crippen molar-refractivity contribution in [1.29, 1.82) is 0 Å². The molecule has 0 bridgehead atoms. The Morgan fingerprint density at radius 1 is 1.10 bits per heavy atom. The molecule has 0 saturated heterocycles. The molecule has 0 aliphatic heterocycles. The molecule has 112 valence electrons. The third-order valence-corrected chi connectivity index (χ3v) is 4.26. The highest BCUT2D eigenvalue weighted by atomic mass is 79.9. The van der Waals surface area contributed by atoms with E-state index >= 15 is 0 Å². The predicted octanol–water partition coefficient (Wildman–Crippen LogP) is 5.92. The second-order valence-electron chi connectivity index (χ2n) is 4.94. The van der Waals surface area contributed by atoms with E-state index in [1.807, 2.05) is 12.1 Å². The lowest BCUT2D eigenvalue weighted by Crippen LogP contribution is -2.04. The number of halogens is 2.